The third kappa shape index (κ3) is 3.16. The highest BCUT2D eigenvalue weighted by Crippen LogP contribution is 2.64. The molecule has 1 aromatic carbocycles. The summed E-state index contributed by atoms with van der Waals surface area (Å²) in [7, 11) is -3.61. The molecule has 0 bridgehead atoms. The molecule has 1 aliphatic heterocycles. The first kappa shape index (κ1) is 19.7. The van der Waals surface area contributed by atoms with Crippen LogP contribution in [0.4, 0.5) is 0 Å². The van der Waals surface area contributed by atoms with Crippen molar-refractivity contribution in [2.45, 2.75) is 43.9 Å². The van der Waals surface area contributed by atoms with Crippen LogP contribution in [-0.2, 0) is 10.0 Å². The van der Waals surface area contributed by atoms with Gasteiger partial charge in [0.1, 0.15) is 10.6 Å². The lowest BCUT2D eigenvalue weighted by molar-refractivity contribution is 0.242. The first-order valence-corrected chi connectivity index (χ1v) is 11.6. The lowest BCUT2D eigenvalue weighted by Gasteiger charge is -2.31. The number of aromatic nitrogens is 3. The maximum Gasteiger partial charge on any atom is 0.248 e. The molecule has 1 aliphatic carbocycles. The first-order valence-electron chi connectivity index (χ1n) is 9.83. The van der Waals surface area contributed by atoms with Gasteiger partial charge in [-0.2, -0.15) is 9.29 Å². The lowest BCUT2D eigenvalue weighted by atomic mass is 9.92. The highest BCUT2D eigenvalue weighted by atomic mass is 35.5. The zero-order chi connectivity index (χ0) is 21.1. The Morgan fingerprint density at radius 2 is 1.93 bits per heavy atom. The second kappa shape index (κ2) is 6.90. The predicted octanol–water partition coefficient (Wildman–Crippen LogP) is 3.95. The smallest absolute Gasteiger partial charge is 0.248 e. The highest BCUT2D eigenvalue weighted by Gasteiger charge is 2.59. The van der Waals surface area contributed by atoms with Crippen LogP contribution < -0.4 is 0 Å². The van der Waals surface area contributed by atoms with Crippen LogP contribution in [0.5, 0.6) is 0 Å². The van der Waals surface area contributed by atoms with Gasteiger partial charge in [0.2, 0.25) is 21.7 Å². The molecule has 0 radical (unpaired) electrons. The van der Waals surface area contributed by atoms with Crippen molar-refractivity contribution in [1.29, 1.82) is 0 Å². The normalized spacial score (nSPS) is 21.2. The van der Waals surface area contributed by atoms with Crippen molar-refractivity contribution in [2.24, 2.45) is 5.41 Å². The molecule has 3 aromatic rings. The van der Waals surface area contributed by atoms with Crippen molar-refractivity contribution in [3.8, 4) is 11.4 Å². The molecule has 1 saturated carbocycles. The summed E-state index contributed by atoms with van der Waals surface area (Å²) < 4.78 is 38.2. The van der Waals surface area contributed by atoms with Crippen molar-refractivity contribution >= 4 is 21.6 Å². The van der Waals surface area contributed by atoms with Gasteiger partial charge in [0, 0.05) is 29.6 Å². The molecular formula is C20H21ClN4O4S. The van der Waals surface area contributed by atoms with E-state index in [0.717, 1.165) is 24.8 Å². The highest BCUT2D eigenvalue weighted by molar-refractivity contribution is 7.89. The summed E-state index contributed by atoms with van der Waals surface area (Å²) in [6.45, 7) is 4.19. The molecule has 1 saturated heterocycles. The molecule has 8 nitrogen and oxygen atoms in total. The molecule has 10 heteroatoms. The fraction of sp³-hybridized carbons (Fsp3) is 0.450. The van der Waals surface area contributed by atoms with E-state index in [1.165, 1.54) is 4.31 Å². The Morgan fingerprint density at radius 3 is 2.60 bits per heavy atom. The summed E-state index contributed by atoms with van der Waals surface area (Å²) in [5, 5.41) is 8.51. The minimum Gasteiger partial charge on any atom is -0.360 e. The second-order valence-electron chi connectivity index (χ2n) is 8.14. The van der Waals surface area contributed by atoms with Crippen LogP contribution in [0.2, 0.25) is 5.02 Å². The quantitative estimate of drug-likeness (QED) is 0.595. The van der Waals surface area contributed by atoms with Crippen molar-refractivity contribution < 1.29 is 17.5 Å². The third-order valence-corrected chi connectivity index (χ3v) is 8.68. The molecule has 0 unspecified atom stereocenters. The van der Waals surface area contributed by atoms with Crippen LogP contribution in [0.3, 0.4) is 0 Å². The summed E-state index contributed by atoms with van der Waals surface area (Å²) in [5.74, 6) is 1.64. The Kier molecular flexibility index (Phi) is 4.53. The summed E-state index contributed by atoms with van der Waals surface area (Å²) in [4.78, 5) is 4.76. The standard InChI is InChI=1S/C20H21ClN4O4S/c1-12-17(13(2)28-23-12)30(26,27)25-8-6-20(7-9-25)11-16(20)19-22-18(24-29-19)14-4-3-5-15(21)10-14/h3-5,10,16H,6-9,11H2,1-2H3/t16-/m0/s1. The van der Waals surface area contributed by atoms with Crippen LogP contribution in [0.25, 0.3) is 11.4 Å². The summed E-state index contributed by atoms with van der Waals surface area (Å²) >= 11 is 6.05. The number of nitrogens with zero attached hydrogens (tertiary/aromatic N) is 4. The maximum absolute atomic E-state index is 13.0. The number of piperidine rings is 1. The van der Waals surface area contributed by atoms with Gasteiger partial charge in [0.25, 0.3) is 0 Å². The number of sulfonamides is 1. The molecule has 2 aromatic heterocycles. The number of aryl methyl sites for hydroxylation is 2. The van der Waals surface area contributed by atoms with E-state index in [1.807, 2.05) is 12.1 Å². The topological polar surface area (TPSA) is 102 Å². The summed E-state index contributed by atoms with van der Waals surface area (Å²) in [6.07, 6.45) is 2.45. The number of benzene rings is 1. The van der Waals surface area contributed by atoms with Gasteiger partial charge in [-0.1, -0.05) is 34.0 Å². The number of rotatable bonds is 4. The Bertz CT molecular complexity index is 1190. The average Bonchev–Trinajstić information content (AvgIpc) is 3.04. The van der Waals surface area contributed by atoms with E-state index in [4.69, 9.17) is 20.6 Å². The zero-order valence-corrected chi connectivity index (χ0v) is 18.2. The molecule has 1 spiro atoms. The van der Waals surface area contributed by atoms with E-state index in [1.54, 1.807) is 26.0 Å². The van der Waals surface area contributed by atoms with Crippen LogP contribution in [-0.4, -0.2) is 41.1 Å². The molecule has 3 heterocycles. The van der Waals surface area contributed by atoms with Gasteiger partial charge >= 0.3 is 0 Å². The molecule has 2 fully saturated rings. The van der Waals surface area contributed by atoms with Crippen molar-refractivity contribution in [2.75, 3.05) is 13.1 Å². The van der Waals surface area contributed by atoms with Gasteiger partial charge in [-0.15, -0.1) is 0 Å². The molecule has 2 aliphatic rings. The molecule has 0 amide bonds. The number of hydrogen-bond donors (Lipinski definition) is 0. The molecule has 1 atom stereocenters. The number of hydrogen-bond acceptors (Lipinski definition) is 7. The van der Waals surface area contributed by atoms with Crippen LogP contribution in [0.15, 0.2) is 38.2 Å². The Balaban J connectivity index is 1.29. The summed E-state index contributed by atoms with van der Waals surface area (Å²) in [5.41, 5.74) is 1.24. The van der Waals surface area contributed by atoms with E-state index in [2.05, 4.69) is 15.3 Å². The van der Waals surface area contributed by atoms with Gasteiger partial charge in [-0.3, -0.25) is 0 Å². The van der Waals surface area contributed by atoms with Crippen molar-refractivity contribution in [1.82, 2.24) is 19.6 Å². The van der Waals surface area contributed by atoms with Gasteiger partial charge in [-0.25, -0.2) is 8.42 Å². The van der Waals surface area contributed by atoms with Gasteiger partial charge < -0.3 is 9.05 Å². The fourth-order valence-corrected chi connectivity index (χ4v) is 6.44. The zero-order valence-electron chi connectivity index (χ0n) is 16.6. The van der Waals surface area contributed by atoms with Gasteiger partial charge in [0.05, 0.1) is 0 Å². The van der Waals surface area contributed by atoms with Crippen LogP contribution in [0, 0.1) is 19.3 Å². The first-order chi connectivity index (χ1) is 14.3. The van der Waals surface area contributed by atoms with E-state index in [9.17, 15) is 8.42 Å². The van der Waals surface area contributed by atoms with Crippen molar-refractivity contribution in [3.05, 3.63) is 46.6 Å². The average molecular weight is 449 g/mol. The SMILES string of the molecule is Cc1noc(C)c1S(=O)(=O)N1CCC2(CC1)C[C@H]2c1nc(-c2cccc(Cl)c2)no1. The number of halogens is 1. The third-order valence-electron chi connectivity index (χ3n) is 6.30. The van der Waals surface area contributed by atoms with E-state index >= 15 is 0 Å². The Labute approximate surface area is 179 Å². The van der Waals surface area contributed by atoms with Gasteiger partial charge in [0.15, 0.2) is 5.76 Å². The Hall–Kier alpha value is -2.23. The molecule has 158 valence electrons. The minimum atomic E-state index is -3.61. The van der Waals surface area contributed by atoms with E-state index in [0.29, 0.717) is 41.3 Å². The minimum absolute atomic E-state index is 0.0306. The second-order valence-corrected chi connectivity index (χ2v) is 10.5. The maximum atomic E-state index is 13.0. The molecule has 0 N–H and O–H groups in total. The van der Waals surface area contributed by atoms with E-state index < -0.39 is 10.0 Å². The van der Waals surface area contributed by atoms with Crippen LogP contribution >= 0.6 is 11.6 Å². The van der Waals surface area contributed by atoms with E-state index in [-0.39, 0.29) is 16.2 Å². The lowest BCUT2D eigenvalue weighted by Crippen LogP contribution is -2.39. The molecular weight excluding hydrogens is 428 g/mol. The summed E-state index contributed by atoms with van der Waals surface area (Å²) in [6, 6.07) is 7.34. The fourth-order valence-electron chi connectivity index (χ4n) is 4.51. The van der Waals surface area contributed by atoms with Crippen molar-refractivity contribution in [3.63, 3.8) is 0 Å². The molecule has 30 heavy (non-hydrogen) atoms. The largest absolute Gasteiger partial charge is 0.360 e. The monoisotopic (exact) mass is 448 g/mol. The van der Waals surface area contributed by atoms with Crippen LogP contribution in [0.1, 0.15) is 42.5 Å². The van der Waals surface area contributed by atoms with Gasteiger partial charge in [-0.05, 0) is 50.7 Å². The molecule has 5 rings (SSSR count). The predicted molar refractivity (Wildman–Crippen MR) is 109 cm³/mol. The Morgan fingerprint density at radius 1 is 1.17 bits per heavy atom.